The summed E-state index contributed by atoms with van der Waals surface area (Å²) in [6, 6.07) is 4.30. The number of halogens is 1. The van der Waals surface area contributed by atoms with Gasteiger partial charge in [-0.05, 0) is 51.2 Å². The van der Waals surface area contributed by atoms with E-state index in [0.29, 0.717) is 0 Å². The largest absolute Gasteiger partial charge is 0.381 e. The zero-order valence-electron chi connectivity index (χ0n) is 13.6. The second-order valence-electron chi connectivity index (χ2n) is 5.51. The van der Waals surface area contributed by atoms with Crippen LogP contribution in [0.25, 0.3) is 0 Å². The Kier molecular flexibility index (Phi) is 10.1. The fourth-order valence-corrected chi connectivity index (χ4v) is 2.80. The monoisotopic (exact) mass is 437 g/mol. The van der Waals surface area contributed by atoms with Gasteiger partial charge in [0.2, 0.25) is 0 Å². The first-order chi connectivity index (χ1) is 10.3. The van der Waals surface area contributed by atoms with E-state index in [1.807, 2.05) is 11.3 Å². The molecule has 1 aromatic rings. The molecule has 1 fully saturated rings. The summed E-state index contributed by atoms with van der Waals surface area (Å²) in [5, 5.41) is 6.65. The van der Waals surface area contributed by atoms with Gasteiger partial charge in [-0.15, -0.1) is 35.3 Å². The van der Waals surface area contributed by atoms with Gasteiger partial charge in [0.25, 0.3) is 0 Å². The summed E-state index contributed by atoms with van der Waals surface area (Å²) in [4.78, 5) is 7.26. The van der Waals surface area contributed by atoms with Crippen molar-refractivity contribution in [3.8, 4) is 0 Å². The molecule has 1 aliphatic rings. The SMILES string of the molecule is CCNC(=NCc1ccc(C)s1)NCCCOCC1CC1.I. The predicted molar refractivity (Wildman–Crippen MR) is 105 cm³/mol. The molecule has 126 valence electrons. The molecule has 0 unspecified atom stereocenters. The molecule has 1 aromatic heterocycles. The highest BCUT2D eigenvalue weighted by Gasteiger charge is 2.20. The Bertz CT molecular complexity index is 446. The van der Waals surface area contributed by atoms with Crippen LogP contribution in [0.1, 0.15) is 35.9 Å². The maximum atomic E-state index is 5.63. The fraction of sp³-hybridized carbons (Fsp3) is 0.688. The van der Waals surface area contributed by atoms with Gasteiger partial charge in [-0.3, -0.25) is 0 Å². The molecule has 2 N–H and O–H groups in total. The quantitative estimate of drug-likeness (QED) is 0.269. The summed E-state index contributed by atoms with van der Waals surface area (Å²) >= 11 is 1.81. The van der Waals surface area contributed by atoms with Crippen LogP contribution in [0.3, 0.4) is 0 Å². The molecule has 2 rings (SSSR count). The van der Waals surface area contributed by atoms with E-state index >= 15 is 0 Å². The van der Waals surface area contributed by atoms with E-state index in [0.717, 1.165) is 51.1 Å². The van der Waals surface area contributed by atoms with E-state index < -0.39 is 0 Å². The normalized spacial score (nSPS) is 14.5. The molecule has 6 heteroatoms. The average Bonchev–Trinajstić information content (AvgIpc) is 3.21. The number of aliphatic imine (C=N–C) groups is 1. The molecule has 1 heterocycles. The second-order valence-corrected chi connectivity index (χ2v) is 6.88. The molecule has 0 aliphatic heterocycles. The molecule has 0 atom stereocenters. The third-order valence-corrected chi connectivity index (χ3v) is 4.33. The Balaban J connectivity index is 0.00000242. The van der Waals surface area contributed by atoms with Crippen molar-refractivity contribution in [3.05, 3.63) is 21.9 Å². The van der Waals surface area contributed by atoms with Crippen LogP contribution in [0, 0.1) is 12.8 Å². The molecular weight excluding hydrogens is 409 g/mol. The maximum absolute atomic E-state index is 5.63. The first-order valence-electron chi connectivity index (χ1n) is 7.93. The van der Waals surface area contributed by atoms with Crippen LogP contribution in [0.2, 0.25) is 0 Å². The topological polar surface area (TPSA) is 45.7 Å². The lowest BCUT2D eigenvalue weighted by molar-refractivity contribution is 0.123. The van der Waals surface area contributed by atoms with Gasteiger partial charge in [0.05, 0.1) is 6.54 Å². The number of nitrogens with zero attached hydrogens (tertiary/aromatic N) is 1. The molecule has 0 aromatic carbocycles. The zero-order chi connectivity index (χ0) is 14.9. The summed E-state index contributed by atoms with van der Waals surface area (Å²) in [7, 11) is 0. The highest BCUT2D eigenvalue weighted by Crippen LogP contribution is 2.28. The standard InChI is InChI=1S/C16H27N3OS.HI/c1-3-17-16(19-11-15-8-5-13(2)21-15)18-9-4-10-20-12-14-6-7-14;/h5,8,14H,3-4,6-7,9-12H2,1-2H3,(H2,17,18,19);1H. The van der Waals surface area contributed by atoms with Crippen molar-refractivity contribution in [2.45, 2.75) is 39.7 Å². The van der Waals surface area contributed by atoms with Crippen LogP contribution >= 0.6 is 35.3 Å². The van der Waals surface area contributed by atoms with E-state index in [-0.39, 0.29) is 24.0 Å². The molecule has 1 saturated carbocycles. The van der Waals surface area contributed by atoms with E-state index in [1.54, 1.807) is 0 Å². The molecule has 0 spiro atoms. The van der Waals surface area contributed by atoms with Gasteiger partial charge in [0, 0.05) is 36.1 Å². The van der Waals surface area contributed by atoms with Crippen LogP contribution < -0.4 is 10.6 Å². The third-order valence-electron chi connectivity index (χ3n) is 3.34. The van der Waals surface area contributed by atoms with E-state index in [1.165, 1.54) is 22.6 Å². The number of hydrogen-bond donors (Lipinski definition) is 2. The number of hydrogen-bond acceptors (Lipinski definition) is 3. The minimum absolute atomic E-state index is 0. The van der Waals surface area contributed by atoms with Crippen LogP contribution in [0.4, 0.5) is 0 Å². The Morgan fingerprint density at radius 2 is 2.18 bits per heavy atom. The Labute approximate surface area is 155 Å². The second kappa shape index (κ2) is 11.2. The number of guanidine groups is 1. The van der Waals surface area contributed by atoms with E-state index in [9.17, 15) is 0 Å². The van der Waals surface area contributed by atoms with Crippen molar-refractivity contribution < 1.29 is 4.74 Å². The van der Waals surface area contributed by atoms with Gasteiger partial charge in [-0.2, -0.15) is 0 Å². The maximum Gasteiger partial charge on any atom is 0.191 e. The first kappa shape index (κ1) is 19.7. The molecule has 4 nitrogen and oxygen atoms in total. The lowest BCUT2D eigenvalue weighted by Crippen LogP contribution is -2.38. The summed E-state index contributed by atoms with van der Waals surface area (Å²) in [5.74, 6) is 1.75. The van der Waals surface area contributed by atoms with Crippen molar-refractivity contribution in [1.29, 1.82) is 0 Å². The van der Waals surface area contributed by atoms with Gasteiger partial charge in [0.1, 0.15) is 0 Å². The predicted octanol–water partition coefficient (Wildman–Crippen LogP) is 3.55. The average molecular weight is 437 g/mol. The summed E-state index contributed by atoms with van der Waals surface area (Å²) in [6.45, 7) is 8.53. The van der Waals surface area contributed by atoms with Crippen molar-refractivity contribution in [2.75, 3.05) is 26.3 Å². The molecule has 0 bridgehead atoms. The van der Waals surface area contributed by atoms with Gasteiger partial charge in [-0.1, -0.05) is 0 Å². The number of nitrogens with one attached hydrogen (secondary N) is 2. The summed E-state index contributed by atoms with van der Waals surface area (Å²) < 4.78 is 5.63. The molecule has 0 radical (unpaired) electrons. The van der Waals surface area contributed by atoms with Crippen molar-refractivity contribution in [1.82, 2.24) is 10.6 Å². The van der Waals surface area contributed by atoms with Crippen LogP contribution in [-0.4, -0.2) is 32.3 Å². The molecule has 0 saturated heterocycles. The lowest BCUT2D eigenvalue weighted by Gasteiger charge is -2.11. The molecule has 1 aliphatic carbocycles. The number of aryl methyl sites for hydroxylation is 1. The van der Waals surface area contributed by atoms with Gasteiger partial charge < -0.3 is 15.4 Å². The zero-order valence-corrected chi connectivity index (χ0v) is 16.7. The Morgan fingerprint density at radius 1 is 1.36 bits per heavy atom. The molecular formula is C16H28IN3OS. The fourth-order valence-electron chi connectivity index (χ4n) is 1.98. The lowest BCUT2D eigenvalue weighted by atomic mass is 10.4. The minimum atomic E-state index is 0. The van der Waals surface area contributed by atoms with Crippen LogP contribution in [-0.2, 0) is 11.3 Å². The minimum Gasteiger partial charge on any atom is -0.381 e. The van der Waals surface area contributed by atoms with Crippen molar-refractivity contribution >= 4 is 41.3 Å². The van der Waals surface area contributed by atoms with E-state index in [2.05, 4.69) is 41.6 Å². The summed E-state index contributed by atoms with van der Waals surface area (Å²) in [6.07, 6.45) is 3.74. The smallest absolute Gasteiger partial charge is 0.191 e. The van der Waals surface area contributed by atoms with E-state index in [4.69, 9.17) is 4.74 Å². The van der Waals surface area contributed by atoms with Crippen LogP contribution in [0.5, 0.6) is 0 Å². The van der Waals surface area contributed by atoms with Gasteiger partial charge in [-0.25, -0.2) is 4.99 Å². The van der Waals surface area contributed by atoms with Crippen molar-refractivity contribution in [2.24, 2.45) is 10.9 Å². The Morgan fingerprint density at radius 3 is 2.82 bits per heavy atom. The number of thiophene rings is 1. The third kappa shape index (κ3) is 8.33. The highest BCUT2D eigenvalue weighted by molar-refractivity contribution is 14.0. The number of rotatable bonds is 9. The van der Waals surface area contributed by atoms with Gasteiger partial charge >= 0.3 is 0 Å². The molecule has 22 heavy (non-hydrogen) atoms. The van der Waals surface area contributed by atoms with Crippen LogP contribution in [0.15, 0.2) is 17.1 Å². The molecule has 0 amide bonds. The van der Waals surface area contributed by atoms with Crippen molar-refractivity contribution in [3.63, 3.8) is 0 Å². The Hall–Kier alpha value is -0.340. The first-order valence-corrected chi connectivity index (χ1v) is 8.75. The highest BCUT2D eigenvalue weighted by atomic mass is 127. The number of ether oxygens (including phenoxy) is 1. The summed E-state index contributed by atoms with van der Waals surface area (Å²) in [5.41, 5.74) is 0. The van der Waals surface area contributed by atoms with Gasteiger partial charge in [0.15, 0.2) is 5.96 Å².